The molecule has 1 fully saturated rings. The Balaban J connectivity index is 2.32. The number of hydrogen-bond acceptors (Lipinski definition) is 4. The normalized spacial score (nSPS) is 32.2. The third-order valence-electron chi connectivity index (χ3n) is 3.78. The van der Waals surface area contributed by atoms with Crippen molar-refractivity contribution in [3.8, 4) is 0 Å². The van der Waals surface area contributed by atoms with E-state index in [9.17, 15) is 9.59 Å². The van der Waals surface area contributed by atoms with E-state index in [0.29, 0.717) is 12.1 Å². The third kappa shape index (κ3) is 2.21. The van der Waals surface area contributed by atoms with Gasteiger partial charge in [-0.05, 0) is 0 Å². The van der Waals surface area contributed by atoms with Gasteiger partial charge in [-0.25, -0.2) is 0 Å². The Morgan fingerprint density at radius 3 is 2.53 bits per heavy atom. The van der Waals surface area contributed by atoms with E-state index in [1.54, 1.807) is 0 Å². The summed E-state index contributed by atoms with van der Waals surface area (Å²) in [5, 5.41) is 21.2. The van der Waals surface area contributed by atoms with Crippen LogP contribution in [-0.2, 0) is 9.59 Å². The van der Waals surface area contributed by atoms with E-state index < -0.39 is 23.7 Å². The molecule has 1 amide bonds. The second-order valence-corrected chi connectivity index (χ2v) is 5.98. The number of amides is 1. The van der Waals surface area contributed by atoms with Gasteiger partial charge >= 0.3 is 118 Å². The van der Waals surface area contributed by atoms with Gasteiger partial charge in [0.2, 0.25) is 0 Å². The summed E-state index contributed by atoms with van der Waals surface area (Å²) in [4.78, 5) is 22.4. The molecule has 0 heterocycles. The maximum absolute atomic E-state index is 11.3. The molecule has 4 atom stereocenters. The molecule has 0 spiro atoms. The summed E-state index contributed by atoms with van der Waals surface area (Å²) >= 11 is 1.31. The Bertz CT molecular complexity index is 530. The average Bonchev–Trinajstić information content (AvgIpc) is 3.08. The van der Waals surface area contributed by atoms with Crippen molar-refractivity contribution in [1.82, 2.24) is 0 Å². The van der Waals surface area contributed by atoms with Crippen LogP contribution in [0.4, 0.5) is 0 Å². The van der Waals surface area contributed by atoms with Crippen molar-refractivity contribution in [2.24, 2.45) is 28.6 Å². The van der Waals surface area contributed by atoms with Gasteiger partial charge < -0.3 is 0 Å². The minimum atomic E-state index is -0.993. The Morgan fingerprint density at radius 2 is 2.11 bits per heavy atom. The van der Waals surface area contributed by atoms with Gasteiger partial charge in [-0.1, -0.05) is 0 Å². The van der Waals surface area contributed by atoms with Crippen LogP contribution in [0.5, 0.6) is 0 Å². The molecule has 0 aromatic carbocycles. The average molecular weight is 326 g/mol. The van der Waals surface area contributed by atoms with Gasteiger partial charge in [-0.3, -0.25) is 0 Å². The molecule has 2 aliphatic rings. The van der Waals surface area contributed by atoms with Crippen LogP contribution in [0.25, 0.3) is 0 Å². The van der Waals surface area contributed by atoms with Gasteiger partial charge in [0.05, 0.1) is 0 Å². The number of carbonyl (C=O) groups is 2. The quantitative estimate of drug-likeness (QED) is 0.368. The molecule has 1 saturated carbocycles. The van der Waals surface area contributed by atoms with Crippen molar-refractivity contribution in [1.29, 1.82) is 0 Å². The van der Waals surface area contributed by atoms with Crippen molar-refractivity contribution in [2.75, 3.05) is 0 Å². The molecule has 0 aromatic heterocycles. The summed E-state index contributed by atoms with van der Waals surface area (Å²) in [5.41, 5.74) is 7.58. The standard InChI is InChI=1S/C12H15AsN2O4/c1-4-5(2-3-6(15-19)10(4)13)7-8(11(14)16)9(7)12(17)18/h2,7-9,19H,3,13H2,1H3,(H2,14,16)(H,17,18)/t7-,8+,9+/m1/s1. The molecule has 4 N–H and O–H groups in total. The summed E-state index contributed by atoms with van der Waals surface area (Å²) in [6, 6.07) is 0. The van der Waals surface area contributed by atoms with E-state index in [1.807, 2.05) is 13.0 Å². The predicted molar refractivity (Wildman–Crippen MR) is 70.5 cm³/mol. The minimum absolute atomic E-state index is 0.346. The third-order valence-corrected chi connectivity index (χ3v) is 5.38. The fourth-order valence-corrected chi connectivity index (χ4v) is 3.40. The Labute approximate surface area is 118 Å². The van der Waals surface area contributed by atoms with Gasteiger partial charge in [0.1, 0.15) is 0 Å². The molecule has 102 valence electrons. The second-order valence-electron chi connectivity index (χ2n) is 4.77. The zero-order valence-corrected chi connectivity index (χ0v) is 12.8. The topological polar surface area (TPSA) is 113 Å². The number of carboxylic acid groups (broad SMARTS) is 1. The SMILES string of the molecule is CC1=C([AsH2])C(=NO)CC=C1[C@@H]1[C@H](C(N)=O)[C@H]1C(=O)O. The Hall–Kier alpha value is -1.55. The first-order valence-electron chi connectivity index (χ1n) is 5.80. The number of aliphatic carboxylic acids is 1. The molecular weight excluding hydrogens is 311 g/mol. The van der Waals surface area contributed by atoms with Gasteiger partial charge in [-0.2, -0.15) is 0 Å². The van der Waals surface area contributed by atoms with E-state index >= 15 is 0 Å². The van der Waals surface area contributed by atoms with Crippen molar-refractivity contribution < 1.29 is 19.9 Å². The van der Waals surface area contributed by atoms with Gasteiger partial charge in [0, 0.05) is 0 Å². The molecule has 0 saturated heterocycles. The first-order chi connectivity index (χ1) is 8.90. The molecule has 2 aliphatic carbocycles. The number of nitrogens with two attached hydrogens (primary N) is 1. The number of carboxylic acids is 1. The molecule has 0 aliphatic heterocycles. The van der Waals surface area contributed by atoms with E-state index in [2.05, 4.69) is 5.16 Å². The predicted octanol–water partition coefficient (Wildman–Crippen LogP) is -0.514. The summed E-state index contributed by atoms with van der Waals surface area (Å²) < 4.78 is 0.881. The molecule has 0 bridgehead atoms. The van der Waals surface area contributed by atoms with Crippen molar-refractivity contribution in [3.05, 3.63) is 21.6 Å². The van der Waals surface area contributed by atoms with Crippen molar-refractivity contribution in [3.63, 3.8) is 0 Å². The molecule has 6 nitrogen and oxygen atoms in total. The monoisotopic (exact) mass is 326 g/mol. The van der Waals surface area contributed by atoms with Crippen LogP contribution >= 0.6 is 0 Å². The second kappa shape index (κ2) is 4.85. The van der Waals surface area contributed by atoms with Crippen molar-refractivity contribution >= 4 is 34.4 Å². The zero-order chi connectivity index (χ0) is 14.3. The number of nitrogens with zero attached hydrogens (tertiary/aromatic N) is 1. The molecule has 2 rings (SSSR count). The van der Waals surface area contributed by atoms with Gasteiger partial charge in [0.15, 0.2) is 0 Å². The first-order valence-corrected chi connectivity index (χ1v) is 7.01. The van der Waals surface area contributed by atoms with Crippen molar-refractivity contribution in [2.45, 2.75) is 13.3 Å². The molecular formula is C12H15AsN2O4. The number of primary amides is 1. The summed E-state index contributed by atoms with van der Waals surface area (Å²) in [6.45, 7) is 1.85. The van der Waals surface area contributed by atoms with Crippen LogP contribution in [0.15, 0.2) is 26.7 Å². The van der Waals surface area contributed by atoms with E-state index in [1.165, 1.54) is 16.9 Å². The number of hydrogen-bond donors (Lipinski definition) is 3. The number of oxime groups is 1. The summed E-state index contributed by atoms with van der Waals surface area (Å²) in [7, 11) is 0. The molecule has 1 unspecified atom stereocenters. The van der Waals surface area contributed by atoms with Gasteiger partial charge in [0.25, 0.3) is 0 Å². The fourth-order valence-electron chi connectivity index (χ4n) is 2.68. The van der Waals surface area contributed by atoms with Crippen LogP contribution in [-0.4, -0.2) is 44.8 Å². The number of carbonyl (C=O) groups excluding carboxylic acids is 1. The van der Waals surface area contributed by atoms with Crippen LogP contribution in [0.1, 0.15) is 13.3 Å². The maximum atomic E-state index is 11.3. The molecule has 19 heavy (non-hydrogen) atoms. The van der Waals surface area contributed by atoms with E-state index in [0.717, 1.165) is 15.5 Å². The summed E-state index contributed by atoms with van der Waals surface area (Å²) in [5.74, 6) is -3.28. The zero-order valence-electron chi connectivity index (χ0n) is 10.3. The van der Waals surface area contributed by atoms with Gasteiger partial charge in [-0.15, -0.1) is 0 Å². The van der Waals surface area contributed by atoms with E-state index in [4.69, 9.17) is 16.0 Å². The first kappa shape index (κ1) is 13.9. The van der Waals surface area contributed by atoms with Crippen LogP contribution in [0.3, 0.4) is 0 Å². The Morgan fingerprint density at radius 1 is 1.47 bits per heavy atom. The van der Waals surface area contributed by atoms with E-state index in [-0.39, 0.29) is 5.92 Å². The van der Waals surface area contributed by atoms with Crippen LogP contribution in [0.2, 0.25) is 0 Å². The molecule has 0 radical (unpaired) electrons. The molecule has 0 aromatic rings. The Kier molecular flexibility index (Phi) is 3.54. The van der Waals surface area contributed by atoms with Crippen LogP contribution < -0.4 is 5.73 Å². The fraction of sp³-hybridized carbons (Fsp3) is 0.417. The summed E-state index contributed by atoms with van der Waals surface area (Å²) in [6.07, 6.45) is 2.28. The number of allylic oxidation sites excluding steroid dienone is 4. The number of rotatable bonds is 3. The molecule has 7 heteroatoms. The van der Waals surface area contributed by atoms with Crippen LogP contribution in [0, 0.1) is 17.8 Å².